The number of hydrogen-bond donors (Lipinski definition) is 1. The van der Waals surface area contributed by atoms with E-state index in [-0.39, 0.29) is 22.8 Å². The minimum atomic E-state index is -0.451. The molecule has 1 aromatic rings. The summed E-state index contributed by atoms with van der Waals surface area (Å²) in [4.78, 5) is 0. The highest BCUT2D eigenvalue weighted by molar-refractivity contribution is 6.33. The topological polar surface area (TPSA) is 30.5 Å². The molecule has 3 nitrogen and oxygen atoms in total. The van der Waals surface area contributed by atoms with E-state index >= 15 is 0 Å². The molecule has 0 amide bonds. The van der Waals surface area contributed by atoms with Crippen LogP contribution in [0.1, 0.15) is 20.3 Å². The molecule has 2 rings (SSSR count). The second kappa shape index (κ2) is 6.64. The van der Waals surface area contributed by atoms with Crippen molar-refractivity contribution >= 4 is 11.6 Å². The van der Waals surface area contributed by atoms with Gasteiger partial charge in [0.1, 0.15) is 16.9 Å². The predicted molar refractivity (Wildman–Crippen MR) is 78.2 cm³/mol. The van der Waals surface area contributed by atoms with E-state index in [4.69, 9.17) is 21.1 Å². The van der Waals surface area contributed by atoms with Gasteiger partial charge in [0.2, 0.25) is 0 Å². The minimum Gasteiger partial charge on any atom is -0.495 e. The molecule has 0 aliphatic carbocycles. The first-order valence-electron chi connectivity index (χ1n) is 6.94. The largest absolute Gasteiger partial charge is 0.495 e. The number of nitrogens with one attached hydrogen (secondary N) is 1. The first-order chi connectivity index (χ1) is 9.54. The van der Waals surface area contributed by atoms with Crippen molar-refractivity contribution in [2.75, 3.05) is 20.2 Å². The minimum absolute atomic E-state index is 0.0656. The Morgan fingerprint density at radius 1 is 1.40 bits per heavy atom. The van der Waals surface area contributed by atoms with Crippen molar-refractivity contribution in [3.63, 3.8) is 0 Å². The third kappa shape index (κ3) is 3.18. The van der Waals surface area contributed by atoms with Gasteiger partial charge in [-0.25, -0.2) is 4.39 Å². The highest BCUT2D eigenvalue weighted by atomic mass is 35.5. The number of ether oxygens (including phenoxy) is 2. The summed E-state index contributed by atoms with van der Waals surface area (Å²) in [5.74, 6) is 0.720. The monoisotopic (exact) mass is 301 g/mol. The van der Waals surface area contributed by atoms with Crippen LogP contribution in [0.5, 0.6) is 11.5 Å². The van der Waals surface area contributed by atoms with Crippen molar-refractivity contribution in [2.45, 2.75) is 26.4 Å². The van der Waals surface area contributed by atoms with Crippen molar-refractivity contribution < 1.29 is 13.9 Å². The Hall–Kier alpha value is -1.00. The van der Waals surface area contributed by atoms with Crippen LogP contribution in [0, 0.1) is 17.7 Å². The molecule has 1 fully saturated rings. The average Bonchev–Trinajstić information content (AvgIpc) is 2.92. The van der Waals surface area contributed by atoms with Gasteiger partial charge < -0.3 is 14.8 Å². The van der Waals surface area contributed by atoms with E-state index in [1.807, 2.05) is 0 Å². The molecule has 112 valence electrons. The number of hydrogen-bond acceptors (Lipinski definition) is 3. The number of methoxy groups -OCH3 is 1. The van der Waals surface area contributed by atoms with Gasteiger partial charge in [0.05, 0.1) is 7.11 Å². The smallest absolute Gasteiger partial charge is 0.177 e. The van der Waals surface area contributed by atoms with Crippen molar-refractivity contribution in [2.24, 2.45) is 11.8 Å². The molecule has 1 aliphatic rings. The molecule has 5 heteroatoms. The number of benzene rings is 1. The van der Waals surface area contributed by atoms with Gasteiger partial charge in [-0.15, -0.1) is 0 Å². The summed E-state index contributed by atoms with van der Waals surface area (Å²) in [5.41, 5.74) is 0. The molecule has 0 saturated carbocycles. The fourth-order valence-corrected chi connectivity index (χ4v) is 2.93. The van der Waals surface area contributed by atoms with Gasteiger partial charge >= 0.3 is 0 Å². The zero-order chi connectivity index (χ0) is 14.7. The van der Waals surface area contributed by atoms with E-state index < -0.39 is 5.82 Å². The van der Waals surface area contributed by atoms with Gasteiger partial charge in [0, 0.05) is 12.5 Å². The van der Waals surface area contributed by atoms with Crippen molar-refractivity contribution in [3.8, 4) is 11.5 Å². The van der Waals surface area contributed by atoms with Crippen molar-refractivity contribution in [1.29, 1.82) is 0 Å². The van der Waals surface area contributed by atoms with Crippen LogP contribution in [-0.4, -0.2) is 26.3 Å². The molecule has 1 aromatic carbocycles. The maximum Gasteiger partial charge on any atom is 0.177 e. The lowest BCUT2D eigenvalue weighted by Gasteiger charge is -2.28. The quantitative estimate of drug-likeness (QED) is 0.903. The second-order valence-electron chi connectivity index (χ2n) is 5.47. The van der Waals surface area contributed by atoms with Crippen molar-refractivity contribution in [1.82, 2.24) is 5.32 Å². The lowest BCUT2D eigenvalue weighted by Crippen LogP contribution is -2.34. The van der Waals surface area contributed by atoms with Gasteiger partial charge in [-0.05, 0) is 31.0 Å². The van der Waals surface area contributed by atoms with Gasteiger partial charge in [-0.3, -0.25) is 0 Å². The molecule has 0 aromatic heterocycles. The lowest BCUT2D eigenvalue weighted by atomic mass is 9.92. The molecule has 0 bridgehead atoms. The summed E-state index contributed by atoms with van der Waals surface area (Å²) in [6.45, 7) is 6.03. The van der Waals surface area contributed by atoms with E-state index in [0.717, 1.165) is 19.5 Å². The molecule has 1 heterocycles. The van der Waals surface area contributed by atoms with Crippen LogP contribution in [0.4, 0.5) is 4.39 Å². The van der Waals surface area contributed by atoms with Crippen LogP contribution in [-0.2, 0) is 0 Å². The molecule has 2 atom stereocenters. The summed E-state index contributed by atoms with van der Waals surface area (Å²) in [6, 6.07) is 2.83. The summed E-state index contributed by atoms with van der Waals surface area (Å²) in [6.07, 6.45) is 0.968. The van der Waals surface area contributed by atoms with Crippen LogP contribution >= 0.6 is 11.6 Å². The maximum absolute atomic E-state index is 14.0. The van der Waals surface area contributed by atoms with E-state index in [1.54, 1.807) is 0 Å². The zero-order valence-corrected chi connectivity index (χ0v) is 12.8. The van der Waals surface area contributed by atoms with E-state index in [2.05, 4.69) is 19.2 Å². The van der Waals surface area contributed by atoms with Crippen LogP contribution in [0.3, 0.4) is 0 Å². The predicted octanol–water partition coefficient (Wildman–Crippen LogP) is 3.50. The molecule has 1 N–H and O–H groups in total. The molecule has 0 radical (unpaired) electrons. The highest BCUT2D eigenvalue weighted by Gasteiger charge is 2.30. The summed E-state index contributed by atoms with van der Waals surface area (Å²) < 4.78 is 25.1. The summed E-state index contributed by atoms with van der Waals surface area (Å²) in [5, 5.41) is 3.51. The molecule has 20 heavy (non-hydrogen) atoms. The first kappa shape index (κ1) is 15.4. The number of halogens is 2. The Bertz CT molecular complexity index is 461. The Morgan fingerprint density at radius 2 is 2.15 bits per heavy atom. The normalized spacial score (nSPS) is 20.2. The molecular formula is C15H21ClFNO2. The van der Waals surface area contributed by atoms with E-state index in [1.165, 1.54) is 19.2 Å². The maximum atomic E-state index is 14.0. The van der Waals surface area contributed by atoms with E-state index in [0.29, 0.717) is 11.7 Å². The standard InChI is InChI=1S/C15H21ClFNO2/c1-9(2)14(10-6-7-18-8-10)20-15-11(17)4-5-12(19-3)13(15)16/h4-5,9-10,14,18H,6-8H2,1-3H3/t10?,14-/m1/s1. The van der Waals surface area contributed by atoms with Gasteiger partial charge in [-0.1, -0.05) is 25.4 Å². The third-order valence-electron chi connectivity index (χ3n) is 3.71. The van der Waals surface area contributed by atoms with Crippen LogP contribution in [0.25, 0.3) is 0 Å². The molecule has 1 saturated heterocycles. The molecule has 1 unspecified atom stereocenters. The van der Waals surface area contributed by atoms with Crippen LogP contribution in [0.2, 0.25) is 5.02 Å². The van der Waals surface area contributed by atoms with E-state index in [9.17, 15) is 4.39 Å². The third-order valence-corrected chi connectivity index (χ3v) is 4.07. The Morgan fingerprint density at radius 3 is 2.70 bits per heavy atom. The summed E-state index contributed by atoms with van der Waals surface area (Å²) in [7, 11) is 1.50. The van der Waals surface area contributed by atoms with Gasteiger partial charge in [-0.2, -0.15) is 0 Å². The average molecular weight is 302 g/mol. The number of rotatable bonds is 5. The Balaban J connectivity index is 2.26. The lowest BCUT2D eigenvalue weighted by molar-refractivity contribution is 0.0925. The Labute approximate surface area is 124 Å². The summed E-state index contributed by atoms with van der Waals surface area (Å²) >= 11 is 6.16. The van der Waals surface area contributed by atoms with Gasteiger partial charge in [0.15, 0.2) is 11.6 Å². The van der Waals surface area contributed by atoms with Gasteiger partial charge in [0.25, 0.3) is 0 Å². The SMILES string of the molecule is COc1ccc(F)c(O[C@H](C(C)C)C2CCNC2)c1Cl. The molecule has 1 aliphatic heterocycles. The van der Waals surface area contributed by atoms with Crippen LogP contribution in [0.15, 0.2) is 12.1 Å². The van der Waals surface area contributed by atoms with Crippen LogP contribution < -0.4 is 14.8 Å². The molecular weight excluding hydrogens is 281 g/mol. The zero-order valence-electron chi connectivity index (χ0n) is 12.1. The van der Waals surface area contributed by atoms with Crippen molar-refractivity contribution in [3.05, 3.63) is 23.0 Å². The fourth-order valence-electron chi connectivity index (χ4n) is 2.65. The highest BCUT2D eigenvalue weighted by Crippen LogP contribution is 2.38. The second-order valence-corrected chi connectivity index (χ2v) is 5.85. The Kier molecular flexibility index (Phi) is 5.11. The molecule has 0 spiro atoms. The fraction of sp³-hybridized carbons (Fsp3) is 0.600. The first-order valence-corrected chi connectivity index (χ1v) is 7.31.